The fourth-order valence-electron chi connectivity index (χ4n) is 3.91. The lowest BCUT2D eigenvalue weighted by Crippen LogP contribution is -2.11. The summed E-state index contributed by atoms with van der Waals surface area (Å²) in [4.78, 5) is 25.4. The summed E-state index contributed by atoms with van der Waals surface area (Å²) in [5.41, 5.74) is 5.50. The van der Waals surface area contributed by atoms with Gasteiger partial charge in [-0.2, -0.15) is 0 Å². The maximum Gasteiger partial charge on any atom is 0.335 e. The molecule has 0 saturated carbocycles. The fourth-order valence-corrected chi connectivity index (χ4v) is 3.91. The van der Waals surface area contributed by atoms with Crippen molar-refractivity contribution in [2.24, 2.45) is 0 Å². The molecule has 0 aromatic heterocycles. The maximum absolute atomic E-state index is 11.6. The number of nitrogens with zero attached hydrogens (tertiary/aromatic N) is 1. The lowest BCUT2D eigenvalue weighted by molar-refractivity contribution is -0.129. The number of carbonyl (C=O) groups is 2. The van der Waals surface area contributed by atoms with E-state index >= 15 is 0 Å². The first-order chi connectivity index (χ1) is 19.8. The number of anilines is 3. The standard InChI is InChI=1S/C34H31NO6/c1-5-33(36)40-31-21-30(22-32(23-31)41-34(37)6-2)39-20-19-38-29-17-15-28(16-18-29)35(26-11-7-24(3)8-12-26)27-13-9-25(4)10-14-27/h5-18,21-23H,1-2,19-20H2,3-4H3. The highest BCUT2D eigenvalue weighted by Gasteiger charge is 2.13. The molecule has 0 unspecified atom stereocenters. The van der Waals surface area contributed by atoms with Gasteiger partial charge in [0, 0.05) is 47.4 Å². The fraction of sp³-hybridized carbons (Fsp3) is 0.118. The molecule has 0 radical (unpaired) electrons. The van der Waals surface area contributed by atoms with Crippen molar-refractivity contribution in [2.45, 2.75) is 13.8 Å². The molecule has 0 spiro atoms. The minimum Gasteiger partial charge on any atom is -0.490 e. The quantitative estimate of drug-likeness (QED) is 0.0788. The van der Waals surface area contributed by atoms with Crippen LogP contribution in [0.1, 0.15) is 11.1 Å². The number of hydrogen-bond donors (Lipinski definition) is 0. The van der Waals surface area contributed by atoms with Crippen LogP contribution in [0.25, 0.3) is 0 Å². The molecule has 0 bridgehead atoms. The minimum atomic E-state index is -0.654. The summed E-state index contributed by atoms with van der Waals surface area (Å²) in [6.45, 7) is 11.3. The highest BCUT2D eigenvalue weighted by Crippen LogP contribution is 2.35. The number of esters is 2. The summed E-state index contributed by atoms with van der Waals surface area (Å²) in [5, 5.41) is 0. The number of rotatable bonds is 12. The maximum atomic E-state index is 11.6. The van der Waals surface area contributed by atoms with E-state index in [1.54, 1.807) is 0 Å². The molecule has 4 rings (SSSR count). The monoisotopic (exact) mass is 549 g/mol. The molecule has 4 aromatic rings. The molecular formula is C34H31NO6. The van der Waals surface area contributed by atoms with Crippen LogP contribution < -0.4 is 23.8 Å². The van der Waals surface area contributed by atoms with Gasteiger partial charge in [0.05, 0.1) is 0 Å². The number of hydrogen-bond acceptors (Lipinski definition) is 7. The Morgan fingerprint density at radius 2 is 0.951 bits per heavy atom. The van der Waals surface area contributed by atoms with E-state index in [4.69, 9.17) is 18.9 Å². The summed E-state index contributed by atoms with van der Waals surface area (Å²) in [5.74, 6) is -0.0159. The Kier molecular flexibility index (Phi) is 9.57. The van der Waals surface area contributed by atoms with Gasteiger partial charge in [-0.3, -0.25) is 0 Å². The normalized spacial score (nSPS) is 10.3. The lowest BCUT2D eigenvalue weighted by atomic mass is 10.1. The number of benzene rings is 4. The zero-order chi connectivity index (χ0) is 29.2. The third kappa shape index (κ3) is 8.10. The summed E-state index contributed by atoms with van der Waals surface area (Å²) >= 11 is 0. The number of ether oxygens (including phenoxy) is 4. The van der Waals surface area contributed by atoms with Crippen LogP contribution in [0.15, 0.2) is 116 Å². The molecular weight excluding hydrogens is 518 g/mol. The summed E-state index contributed by atoms with van der Waals surface area (Å²) in [6.07, 6.45) is 2.06. The third-order valence-corrected chi connectivity index (χ3v) is 5.92. The highest BCUT2D eigenvalue weighted by atomic mass is 16.6. The predicted molar refractivity (Wildman–Crippen MR) is 160 cm³/mol. The van der Waals surface area contributed by atoms with Crippen LogP contribution in [-0.4, -0.2) is 25.2 Å². The first kappa shape index (κ1) is 28.7. The predicted octanol–water partition coefficient (Wildman–Crippen LogP) is 7.41. The number of carbonyl (C=O) groups excluding carboxylic acids is 2. The third-order valence-electron chi connectivity index (χ3n) is 5.92. The van der Waals surface area contributed by atoms with Crippen molar-refractivity contribution in [1.82, 2.24) is 0 Å². The largest absolute Gasteiger partial charge is 0.490 e. The van der Waals surface area contributed by atoms with E-state index < -0.39 is 11.9 Å². The van der Waals surface area contributed by atoms with Gasteiger partial charge in [0.2, 0.25) is 0 Å². The van der Waals surface area contributed by atoms with Crippen molar-refractivity contribution in [3.63, 3.8) is 0 Å². The molecule has 0 aliphatic heterocycles. The topological polar surface area (TPSA) is 74.3 Å². The molecule has 4 aromatic carbocycles. The van der Waals surface area contributed by atoms with E-state index in [0.29, 0.717) is 11.5 Å². The second-order valence-corrected chi connectivity index (χ2v) is 9.09. The van der Waals surface area contributed by atoms with Gasteiger partial charge in [-0.25, -0.2) is 9.59 Å². The molecule has 7 heteroatoms. The Morgan fingerprint density at radius 3 is 1.37 bits per heavy atom. The van der Waals surface area contributed by atoms with Gasteiger partial charge in [-0.05, 0) is 62.4 Å². The van der Waals surface area contributed by atoms with E-state index in [1.165, 1.54) is 29.3 Å². The Labute approximate surface area is 239 Å². The van der Waals surface area contributed by atoms with Gasteiger partial charge in [0.15, 0.2) is 0 Å². The molecule has 0 aliphatic carbocycles. The van der Waals surface area contributed by atoms with Crippen LogP contribution in [0.3, 0.4) is 0 Å². The van der Waals surface area contributed by atoms with Gasteiger partial charge < -0.3 is 23.8 Å². The summed E-state index contributed by atoms with van der Waals surface area (Å²) in [6, 6.07) is 29.0. The molecule has 0 fully saturated rings. The molecule has 0 N–H and O–H groups in total. The van der Waals surface area contributed by atoms with E-state index in [1.807, 2.05) is 24.3 Å². The molecule has 0 amide bonds. The average molecular weight is 550 g/mol. The average Bonchev–Trinajstić information content (AvgIpc) is 2.98. The van der Waals surface area contributed by atoms with Crippen molar-refractivity contribution in [3.05, 3.63) is 127 Å². The van der Waals surface area contributed by atoms with Crippen LogP contribution in [0, 0.1) is 13.8 Å². The van der Waals surface area contributed by atoms with Gasteiger partial charge in [-0.15, -0.1) is 0 Å². The first-order valence-corrected chi connectivity index (χ1v) is 13.0. The Bertz CT molecular complexity index is 1420. The Balaban J connectivity index is 1.42. The summed E-state index contributed by atoms with van der Waals surface area (Å²) < 4.78 is 22.0. The van der Waals surface area contributed by atoms with Crippen LogP contribution in [0.5, 0.6) is 23.0 Å². The first-order valence-electron chi connectivity index (χ1n) is 13.0. The summed E-state index contributed by atoms with van der Waals surface area (Å²) in [7, 11) is 0. The van der Waals surface area contributed by atoms with Crippen molar-refractivity contribution < 1.29 is 28.5 Å². The lowest BCUT2D eigenvalue weighted by Gasteiger charge is -2.26. The molecule has 41 heavy (non-hydrogen) atoms. The minimum absolute atomic E-state index is 0.141. The second kappa shape index (κ2) is 13.7. The van der Waals surface area contributed by atoms with Gasteiger partial charge in [0.1, 0.15) is 36.2 Å². The molecule has 7 nitrogen and oxygen atoms in total. The number of aryl methyl sites for hydroxylation is 2. The van der Waals surface area contributed by atoms with Crippen LogP contribution in [0.2, 0.25) is 0 Å². The van der Waals surface area contributed by atoms with E-state index in [9.17, 15) is 9.59 Å². The zero-order valence-corrected chi connectivity index (χ0v) is 23.0. The van der Waals surface area contributed by atoms with Crippen molar-refractivity contribution in [2.75, 3.05) is 18.1 Å². The molecule has 0 heterocycles. The second-order valence-electron chi connectivity index (χ2n) is 9.09. The highest BCUT2D eigenvalue weighted by molar-refractivity contribution is 5.84. The molecule has 208 valence electrons. The Morgan fingerprint density at radius 1 is 0.585 bits per heavy atom. The molecule has 0 atom stereocenters. The Hall–Kier alpha value is -5.30. The van der Waals surface area contributed by atoms with Crippen LogP contribution >= 0.6 is 0 Å². The molecule has 0 saturated heterocycles. The van der Waals surface area contributed by atoms with Gasteiger partial charge in [-0.1, -0.05) is 48.6 Å². The zero-order valence-electron chi connectivity index (χ0n) is 23.0. The van der Waals surface area contributed by atoms with Crippen LogP contribution in [0.4, 0.5) is 17.1 Å². The van der Waals surface area contributed by atoms with E-state index in [-0.39, 0.29) is 24.7 Å². The molecule has 0 aliphatic rings. The SMILES string of the molecule is C=CC(=O)Oc1cc(OCCOc2ccc(N(c3ccc(C)cc3)c3ccc(C)cc3)cc2)cc(OC(=O)C=C)c1. The van der Waals surface area contributed by atoms with Crippen molar-refractivity contribution in [1.29, 1.82) is 0 Å². The van der Waals surface area contributed by atoms with Crippen LogP contribution in [-0.2, 0) is 9.59 Å². The smallest absolute Gasteiger partial charge is 0.335 e. The van der Waals surface area contributed by atoms with E-state index in [2.05, 4.69) is 80.4 Å². The van der Waals surface area contributed by atoms with Gasteiger partial charge >= 0.3 is 11.9 Å². The van der Waals surface area contributed by atoms with Crippen molar-refractivity contribution in [3.8, 4) is 23.0 Å². The van der Waals surface area contributed by atoms with E-state index in [0.717, 1.165) is 29.2 Å². The van der Waals surface area contributed by atoms with Gasteiger partial charge in [0.25, 0.3) is 0 Å². The van der Waals surface area contributed by atoms with Crippen molar-refractivity contribution >= 4 is 29.0 Å².